The van der Waals surface area contributed by atoms with Crippen LogP contribution in [0.15, 0.2) is 18.2 Å². The van der Waals surface area contributed by atoms with E-state index >= 15 is 0 Å². The molecule has 1 aliphatic rings. The van der Waals surface area contributed by atoms with E-state index in [1.165, 1.54) is 10.3 Å². The van der Waals surface area contributed by atoms with Gasteiger partial charge in [-0.05, 0) is 31.9 Å². The molecule has 4 nitrogen and oxygen atoms in total. The quantitative estimate of drug-likeness (QED) is 0.916. The largest absolute Gasteiger partial charge is 0.481 e. The van der Waals surface area contributed by atoms with Crippen molar-refractivity contribution in [3.63, 3.8) is 0 Å². The normalized spacial score (nSPS) is 23.2. The Morgan fingerprint density at radius 2 is 2.32 bits per heavy atom. The first kappa shape index (κ1) is 12.4. The van der Waals surface area contributed by atoms with Gasteiger partial charge in [0.25, 0.3) is 0 Å². The molecule has 0 amide bonds. The van der Waals surface area contributed by atoms with Gasteiger partial charge in [-0.15, -0.1) is 0 Å². The van der Waals surface area contributed by atoms with Gasteiger partial charge in [0.1, 0.15) is 0 Å². The van der Waals surface area contributed by atoms with E-state index in [1.54, 1.807) is 11.3 Å². The van der Waals surface area contributed by atoms with Crippen LogP contribution in [0.25, 0.3) is 10.2 Å². The van der Waals surface area contributed by atoms with Crippen molar-refractivity contribution in [2.45, 2.75) is 20.3 Å². The second-order valence-corrected chi connectivity index (χ2v) is 6.43. The molecule has 2 aromatic rings. The second-order valence-electron chi connectivity index (χ2n) is 5.46. The van der Waals surface area contributed by atoms with Crippen LogP contribution in [0, 0.1) is 12.3 Å². The third kappa shape index (κ3) is 1.98. The van der Waals surface area contributed by atoms with Gasteiger partial charge >= 0.3 is 5.97 Å². The fourth-order valence-electron chi connectivity index (χ4n) is 2.51. The predicted octanol–water partition coefficient (Wildman–Crippen LogP) is 2.91. The van der Waals surface area contributed by atoms with Gasteiger partial charge in [0, 0.05) is 13.1 Å². The standard InChI is InChI=1S/C14H16N2O2S/c1-9-4-3-5-10-11(9)19-13(15-10)16-7-6-14(2,8-16)12(17)18/h3-5H,6-8H2,1-2H3,(H,17,18). The lowest BCUT2D eigenvalue weighted by atomic mass is 9.90. The minimum atomic E-state index is -0.715. The smallest absolute Gasteiger partial charge is 0.311 e. The zero-order valence-corrected chi connectivity index (χ0v) is 11.8. The van der Waals surface area contributed by atoms with E-state index in [0.717, 1.165) is 17.2 Å². The molecule has 0 saturated carbocycles. The minimum Gasteiger partial charge on any atom is -0.481 e. The van der Waals surface area contributed by atoms with Gasteiger partial charge in [0.15, 0.2) is 5.13 Å². The molecule has 0 aliphatic carbocycles. The Morgan fingerprint density at radius 3 is 2.95 bits per heavy atom. The Hall–Kier alpha value is -1.62. The predicted molar refractivity (Wildman–Crippen MR) is 76.9 cm³/mol. The van der Waals surface area contributed by atoms with Crippen molar-refractivity contribution in [3.8, 4) is 0 Å². The van der Waals surface area contributed by atoms with Gasteiger partial charge < -0.3 is 10.0 Å². The van der Waals surface area contributed by atoms with Crippen molar-refractivity contribution in [1.82, 2.24) is 4.98 Å². The zero-order valence-electron chi connectivity index (χ0n) is 11.0. The number of carbonyl (C=O) groups is 1. The monoisotopic (exact) mass is 276 g/mol. The molecule has 100 valence electrons. The summed E-state index contributed by atoms with van der Waals surface area (Å²) in [5, 5.41) is 10.2. The first-order valence-corrected chi connectivity index (χ1v) is 7.16. The van der Waals surface area contributed by atoms with Gasteiger partial charge in [0.05, 0.1) is 15.6 Å². The number of fused-ring (bicyclic) bond motifs is 1. The van der Waals surface area contributed by atoms with E-state index in [4.69, 9.17) is 0 Å². The second kappa shape index (κ2) is 4.20. The van der Waals surface area contributed by atoms with Gasteiger partial charge in [0.2, 0.25) is 0 Å². The average molecular weight is 276 g/mol. The maximum Gasteiger partial charge on any atom is 0.311 e. The van der Waals surface area contributed by atoms with Crippen molar-refractivity contribution < 1.29 is 9.90 Å². The Morgan fingerprint density at radius 1 is 1.53 bits per heavy atom. The molecule has 1 unspecified atom stereocenters. The van der Waals surface area contributed by atoms with E-state index in [9.17, 15) is 9.90 Å². The molecule has 5 heteroatoms. The van der Waals surface area contributed by atoms with Crippen molar-refractivity contribution in [1.29, 1.82) is 0 Å². The van der Waals surface area contributed by atoms with Crippen LogP contribution in [0.3, 0.4) is 0 Å². The van der Waals surface area contributed by atoms with E-state index in [0.29, 0.717) is 13.0 Å². The lowest BCUT2D eigenvalue weighted by Gasteiger charge is -2.19. The number of aromatic nitrogens is 1. The highest BCUT2D eigenvalue weighted by atomic mass is 32.1. The van der Waals surface area contributed by atoms with Gasteiger partial charge in [-0.1, -0.05) is 23.5 Å². The molecular weight excluding hydrogens is 260 g/mol. The molecule has 0 spiro atoms. The van der Waals surface area contributed by atoms with Gasteiger partial charge in [-0.25, -0.2) is 4.98 Å². The Bertz CT molecular complexity index is 652. The summed E-state index contributed by atoms with van der Waals surface area (Å²) in [6.45, 7) is 5.20. The average Bonchev–Trinajstić information content (AvgIpc) is 2.94. The highest BCUT2D eigenvalue weighted by Gasteiger charge is 2.41. The molecule has 2 heterocycles. The molecule has 1 N–H and O–H groups in total. The van der Waals surface area contributed by atoms with Gasteiger partial charge in [-0.2, -0.15) is 0 Å². The summed E-state index contributed by atoms with van der Waals surface area (Å²) in [6, 6.07) is 6.09. The molecular formula is C14H16N2O2S. The Kier molecular flexibility index (Phi) is 2.74. The number of rotatable bonds is 2. The maximum absolute atomic E-state index is 11.3. The topological polar surface area (TPSA) is 53.4 Å². The Balaban J connectivity index is 1.94. The molecule has 1 aromatic heterocycles. The number of hydrogen-bond acceptors (Lipinski definition) is 4. The third-order valence-electron chi connectivity index (χ3n) is 3.86. The van der Waals surface area contributed by atoms with Crippen molar-refractivity contribution >= 4 is 32.7 Å². The fraction of sp³-hybridized carbons (Fsp3) is 0.429. The molecule has 0 radical (unpaired) electrons. The molecule has 1 aliphatic heterocycles. The summed E-state index contributed by atoms with van der Waals surface area (Å²) < 4.78 is 1.20. The number of aryl methyl sites for hydroxylation is 1. The number of carboxylic acid groups (broad SMARTS) is 1. The lowest BCUT2D eigenvalue weighted by molar-refractivity contribution is -0.146. The lowest BCUT2D eigenvalue weighted by Crippen LogP contribution is -2.31. The number of anilines is 1. The van der Waals surface area contributed by atoms with E-state index < -0.39 is 11.4 Å². The molecule has 1 fully saturated rings. The third-order valence-corrected chi connectivity index (χ3v) is 5.13. The number of thiazole rings is 1. The van der Waals surface area contributed by atoms with E-state index in [1.807, 2.05) is 19.1 Å². The summed E-state index contributed by atoms with van der Waals surface area (Å²) in [5.74, 6) is -0.715. The van der Waals surface area contributed by atoms with Crippen molar-refractivity contribution in [2.75, 3.05) is 18.0 Å². The molecule has 0 bridgehead atoms. The zero-order chi connectivity index (χ0) is 13.6. The summed E-state index contributed by atoms with van der Waals surface area (Å²) in [5.41, 5.74) is 1.58. The highest BCUT2D eigenvalue weighted by Crippen LogP contribution is 2.37. The van der Waals surface area contributed by atoms with Crippen LogP contribution in [-0.2, 0) is 4.79 Å². The number of benzene rings is 1. The number of hydrogen-bond donors (Lipinski definition) is 1. The summed E-state index contributed by atoms with van der Waals surface area (Å²) >= 11 is 1.66. The van der Waals surface area contributed by atoms with Crippen molar-refractivity contribution in [3.05, 3.63) is 23.8 Å². The van der Waals surface area contributed by atoms with Crippen LogP contribution in [0.5, 0.6) is 0 Å². The summed E-state index contributed by atoms with van der Waals surface area (Å²) in [4.78, 5) is 18.0. The Labute approximate surface area is 115 Å². The van der Waals surface area contributed by atoms with E-state index in [2.05, 4.69) is 22.9 Å². The van der Waals surface area contributed by atoms with Crippen LogP contribution >= 0.6 is 11.3 Å². The first-order chi connectivity index (χ1) is 8.99. The van der Waals surface area contributed by atoms with Crippen LogP contribution in [0.4, 0.5) is 5.13 Å². The maximum atomic E-state index is 11.3. The molecule has 1 saturated heterocycles. The van der Waals surface area contributed by atoms with E-state index in [-0.39, 0.29) is 0 Å². The minimum absolute atomic E-state index is 0.543. The molecule has 19 heavy (non-hydrogen) atoms. The van der Waals surface area contributed by atoms with Crippen LogP contribution in [-0.4, -0.2) is 29.1 Å². The SMILES string of the molecule is Cc1cccc2nc(N3CCC(C)(C(=O)O)C3)sc12. The van der Waals surface area contributed by atoms with Gasteiger partial charge in [-0.3, -0.25) is 4.79 Å². The first-order valence-electron chi connectivity index (χ1n) is 6.34. The summed E-state index contributed by atoms with van der Waals surface area (Å²) in [7, 11) is 0. The summed E-state index contributed by atoms with van der Waals surface area (Å²) in [6.07, 6.45) is 0.678. The molecule has 1 aromatic carbocycles. The number of nitrogens with zero attached hydrogens (tertiary/aromatic N) is 2. The van der Waals surface area contributed by atoms with Crippen LogP contribution in [0.2, 0.25) is 0 Å². The highest BCUT2D eigenvalue weighted by molar-refractivity contribution is 7.22. The molecule has 3 rings (SSSR count). The van der Waals surface area contributed by atoms with Crippen LogP contribution < -0.4 is 4.90 Å². The fourth-order valence-corrected chi connectivity index (χ4v) is 3.57. The number of carboxylic acids is 1. The van der Waals surface area contributed by atoms with Crippen molar-refractivity contribution in [2.24, 2.45) is 5.41 Å². The molecule has 1 atom stereocenters. The number of aliphatic carboxylic acids is 1. The van der Waals surface area contributed by atoms with Crippen LogP contribution in [0.1, 0.15) is 18.9 Å².